The van der Waals surface area contributed by atoms with Gasteiger partial charge < -0.3 is 10.6 Å². The van der Waals surface area contributed by atoms with Crippen molar-refractivity contribution in [3.8, 4) is 0 Å². The lowest BCUT2D eigenvalue weighted by molar-refractivity contribution is 0.254. The Balaban J connectivity index is 2.33. The van der Waals surface area contributed by atoms with Crippen LogP contribution in [-0.4, -0.2) is 29.9 Å². The largest absolute Gasteiger partial charge is 0.341 e. The smallest absolute Gasteiger partial charge is 0.318 e. The van der Waals surface area contributed by atoms with Crippen LogP contribution in [0.3, 0.4) is 0 Å². The number of thiophene rings is 1. The Hall–Kier alpha value is -1.95. The number of nitrogens with two attached hydrogens (primary N) is 1. The molecule has 0 saturated heterocycles. The second kappa shape index (κ2) is 6.28. The summed E-state index contributed by atoms with van der Waals surface area (Å²) in [4.78, 5) is 11.1. The van der Waals surface area contributed by atoms with Crippen molar-refractivity contribution in [2.24, 2.45) is 5.14 Å². The maximum absolute atomic E-state index is 12.4. The zero-order chi connectivity index (χ0) is 17.3. The molecule has 2 aromatic rings. The summed E-state index contributed by atoms with van der Waals surface area (Å²) in [5, 5.41) is 9.83. The number of primary sulfonamides is 1. The van der Waals surface area contributed by atoms with E-state index in [0.717, 1.165) is 6.07 Å². The number of hydrogen-bond donors (Lipinski definition) is 3. The van der Waals surface area contributed by atoms with E-state index < -0.39 is 25.9 Å². The maximum atomic E-state index is 12.4. The standard InChI is InChI=1S/C12H13N3O5S3/c1-14-12(16)15-8-2-4-9(5-3-8)22(17,18)10-6-7-11(21-10)23(13,19)20/h2-7H,1H3,(H2,13,19,20)(H2,14,15,16). The SMILES string of the molecule is CNC(=O)Nc1ccc(S(=O)(=O)c2ccc(S(N)(=O)=O)s2)cc1. The number of sulfone groups is 1. The lowest BCUT2D eigenvalue weighted by Gasteiger charge is -2.06. The fraction of sp³-hybridized carbons (Fsp3) is 0.0833. The number of nitrogens with one attached hydrogen (secondary N) is 2. The minimum Gasteiger partial charge on any atom is -0.341 e. The highest BCUT2D eigenvalue weighted by atomic mass is 32.3. The predicted molar refractivity (Wildman–Crippen MR) is 85.7 cm³/mol. The van der Waals surface area contributed by atoms with Crippen molar-refractivity contribution in [2.45, 2.75) is 13.3 Å². The van der Waals surface area contributed by atoms with Crippen molar-refractivity contribution in [3.63, 3.8) is 0 Å². The van der Waals surface area contributed by atoms with Gasteiger partial charge in [0, 0.05) is 12.7 Å². The molecule has 0 saturated carbocycles. The normalized spacial score (nSPS) is 11.9. The van der Waals surface area contributed by atoms with Gasteiger partial charge in [-0.2, -0.15) is 0 Å². The molecule has 23 heavy (non-hydrogen) atoms. The highest BCUT2D eigenvalue weighted by Gasteiger charge is 2.22. The average molecular weight is 375 g/mol. The van der Waals surface area contributed by atoms with Crippen molar-refractivity contribution in [1.82, 2.24) is 5.32 Å². The summed E-state index contributed by atoms with van der Waals surface area (Å²) < 4.78 is 47.0. The third kappa shape index (κ3) is 3.88. The van der Waals surface area contributed by atoms with Crippen LogP contribution in [0.4, 0.5) is 10.5 Å². The first-order chi connectivity index (χ1) is 10.6. The van der Waals surface area contributed by atoms with Crippen molar-refractivity contribution in [2.75, 3.05) is 12.4 Å². The summed E-state index contributed by atoms with van der Waals surface area (Å²) >= 11 is 0.579. The molecule has 0 aliphatic heterocycles. The molecule has 0 atom stereocenters. The quantitative estimate of drug-likeness (QED) is 0.732. The van der Waals surface area contributed by atoms with Gasteiger partial charge in [0.15, 0.2) is 0 Å². The molecule has 8 nitrogen and oxygen atoms in total. The van der Waals surface area contributed by atoms with Crippen molar-refractivity contribution in [3.05, 3.63) is 36.4 Å². The number of hydrogen-bond acceptors (Lipinski definition) is 6. The van der Waals surface area contributed by atoms with Gasteiger partial charge in [-0.1, -0.05) is 0 Å². The molecule has 124 valence electrons. The Morgan fingerprint density at radius 1 is 1.00 bits per heavy atom. The van der Waals surface area contributed by atoms with Crippen LogP contribution >= 0.6 is 11.3 Å². The van der Waals surface area contributed by atoms with Crippen LogP contribution in [-0.2, 0) is 19.9 Å². The van der Waals surface area contributed by atoms with E-state index in [1.165, 1.54) is 37.4 Å². The Kier molecular flexibility index (Phi) is 4.75. The highest BCUT2D eigenvalue weighted by molar-refractivity contribution is 7.95. The number of urea groups is 1. The maximum Gasteiger partial charge on any atom is 0.318 e. The summed E-state index contributed by atoms with van der Waals surface area (Å²) in [5.41, 5.74) is 0.416. The molecule has 0 aliphatic rings. The number of anilines is 1. The Labute approximate surface area is 137 Å². The molecular formula is C12H13N3O5S3. The van der Waals surface area contributed by atoms with Crippen LogP contribution in [0.1, 0.15) is 0 Å². The van der Waals surface area contributed by atoms with E-state index in [1.54, 1.807) is 0 Å². The molecule has 2 rings (SSSR count). The summed E-state index contributed by atoms with van der Waals surface area (Å²) in [7, 11) is -6.35. The van der Waals surface area contributed by atoms with Gasteiger partial charge in [-0.25, -0.2) is 26.8 Å². The van der Waals surface area contributed by atoms with Crippen LogP contribution < -0.4 is 15.8 Å². The minimum atomic E-state index is -3.95. The number of sulfonamides is 1. The molecule has 1 aromatic heterocycles. The monoisotopic (exact) mass is 375 g/mol. The molecular weight excluding hydrogens is 362 g/mol. The summed E-state index contributed by atoms with van der Waals surface area (Å²) in [5.74, 6) is 0. The number of amides is 2. The van der Waals surface area contributed by atoms with E-state index in [9.17, 15) is 21.6 Å². The number of benzene rings is 1. The van der Waals surface area contributed by atoms with E-state index in [2.05, 4.69) is 10.6 Å². The van der Waals surface area contributed by atoms with E-state index in [0.29, 0.717) is 17.0 Å². The first-order valence-corrected chi connectivity index (χ1v) is 9.96. The Morgan fingerprint density at radius 3 is 2.04 bits per heavy atom. The molecule has 4 N–H and O–H groups in total. The molecule has 2 amide bonds. The van der Waals surface area contributed by atoms with Gasteiger partial charge in [0.1, 0.15) is 8.42 Å². The fourth-order valence-electron chi connectivity index (χ4n) is 1.63. The van der Waals surface area contributed by atoms with Crippen molar-refractivity contribution >= 4 is 42.9 Å². The van der Waals surface area contributed by atoms with Gasteiger partial charge >= 0.3 is 6.03 Å². The van der Waals surface area contributed by atoms with Gasteiger partial charge in [0.05, 0.1) is 4.90 Å². The van der Waals surface area contributed by atoms with E-state index in [4.69, 9.17) is 5.14 Å². The Morgan fingerprint density at radius 2 is 1.57 bits per heavy atom. The highest BCUT2D eigenvalue weighted by Crippen LogP contribution is 2.30. The molecule has 1 heterocycles. The molecule has 0 fully saturated rings. The zero-order valence-corrected chi connectivity index (χ0v) is 14.3. The van der Waals surface area contributed by atoms with Crippen LogP contribution in [0, 0.1) is 0 Å². The van der Waals surface area contributed by atoms with Crippen LogP contribution in [0.5, 0.6) is 0 Å². The van der Waals surface area contributed by atoms with E-state index in [1.807, 2.05) is 0 Å². The fourth-order valence-corrected chi connectivity index (χ4v) is 5.22. The molecule has 0 radical (unpaired) electrons. The van der Waals surface area contributed by atoms with Gasteiger partial charge in [-0.15, -0.1) is 11.3 Å². The van der Waals surface area contributed by atoms with E-state index in [-0.39, 0.29) is 13.3 Å². The Bertz CT molecular complexity index is 931. The summed E-state index contributed by atoms with van der Waals surface area (Å²) in [6.45, 7) is 0. The van der Waals surface area contributed by atoms with Gasteiger partial charge in [0.25, 0.3) is 0 Å². The average Bonchev–Trinajstić information content (AvgIpc) is 2.98. The molecule has 0 spiro atoms. The molecule has 1 aromatic carbocycles. The minimum absolute atomic E-state index is 0.0252. The second-order valence-electron chi connectivity index (χ2n) is 4.35. The number of rotatable bonds is 4. The van der Waals surface area contributed by atoms with Crippen LogP contribution in [0.15, 0.2) is 49.7 Å². The molecule has 0 unspecified atom stereocenters. The van der Waals surface area contributed by atoms with E-state index >= 15 is 0 Å². The topological polar surface area (TPSA) is 135 Å². The number of carbonyl (C=O) groups excluding carboxylic acids is 1. The third-order valence-electron chi connectivity index (χ3n) is 2.75. The molecule has 11 heteroatoms. The predicted octanol–water partition coefficient (Wildman–Crippen LogP) is 0.980. The van der Waals surface area contributed by atoms with Crippen molar-refractivity contribution < 1.29 is 21.6 Å². The second-order valence-corrected chi connectivity index (χ2v) is 9.40. The van der Waals surface area contributed by atoms with Gasteiger partial charge in [-0.3, -0.25) is 0 Å². The summed E-state index contributed by atoms with van der Waals surface area (Å²) in [6, 6.07) is 7.39. The van der Waals surface area contributed by atoms with Crippen molar-refractivity contribution in [1.29, 1.82) is 0 Å². The van der Waals surface area contributed by atoms with Gasteiger partial charge in [0.2, 0.25) is 19.9 Å². The lowest BCUT2D eigenvalue weighted by Crippen LogP contribution is -2.24. The first-order valence-electron chi connectivity index (χ1n) is 6.11. The number of carbonyl (C=O) groups is 1. The first kappa shape index (κ1) is 17.4. The van der Waals surface area contributed by atoms with Crippen LogP contribution in [0.2, 0.25) is 0 Å². The van der Waals surface area contributed by atoms with Gasteiger partial charge in [-0.05, 0) is 36.4 Å². The molecule has 0 bridgehead atoms. The summed E-state index contributed by atoms with van der Waals surface area (Å²) in [6.07, 6.45) is 0. The zero-order valence-electron chi connectivity index (χ0n) is 11.8. The molecule has 0 aliphatic carbocycles. The third-order valence-corrected chi connectivity index (χ3v) is 7.54. The lowest BCUT2D eigenvalue weighted by atomic mass is 10.3. The van der Waals surface area contributed by atoms with Crippen LogP contribution in [0.25, 0.3) is 0 Å².